The number of hydrogen-bond donors (Lipinski definition) is 1. The number of hydrogen-bond acceptors (Lipinski definition) is 2. The molecule has 1 heterocycles. The van der Waals surface area contributed by atoms with Crippen molar-refractivity contribution in [2.45, 2.75) is 32.2 Å². The van der Waals surface area contributed by atoms with Gasteiger partial charge in [-0.15, -0.1) is 0 Å². The molecule has 2 rings (SSSR count). The molecule has 0 aromatic heterocycles. The van der Waals surface area contributed by atoms with E-state index in [1.54, 1.807) is 0 Å². The lowest BCUT2D eigenvalue weighted by Crippen LogP contribution is -2.48. The Bertz CT molecular complexity index is 415. The van der Waals surface area contributed by atoms with Gasteiger partial charge in [-0.25, -0.2) is 0 Å². The van der Waals surface area contributed by atoms with Crippen molar-refractivity contribution in [1.29, 1.82) is 0 Å². The molecule has 0 aliphatic carbocycles. The third kappa shape index (κ3) is 2.72. The smallest absolute Gasteiger partial charge is 0.254 e. The normalized spacial score (nSPS) is 19.9. The second kappa shape index (κ2) is 6.01. The largest absolute Gasteiger partial charge is 0.334 e. The van der Waals surface area contributed by atoms with E-state index in [9.17, 15) is 4.79 Å². The summed E-state index contributed by atoms with van der Waals surface area (Å²) in [6.45, 7) is 3.78. The zero-order chi connectivity index (χ0) is 13.0. The van der Waals surface area contributed by atoms with Crippen LogP contribution >= 0.6 is 0 Å². The number of carbonyl (C=O) groups is 1. The standard InChI is InChI=1S/C15H22N2O/c1-12-7-3-4-9-14(12)15(18)17-10-6-5-8-13(17)11-16-2/h3-4,7,9,13,16H,5-6,8,10-11H2,1-2H3. The molecule has 1 aromatic rings. The molecular weight excluding hydrogens is 224 g/mol. The topological polar surface area (TPSA) is 32.3 Å². The first-order chi connectivity index (χ1) is 8.74. The molecule has 1 atom stereocenters. The second-order valence-electron chi connectivity index (χ2n) is 5.02. The molecule has 1 amide bonds. The van der Waals surface area contributed by atoms with Crippen molar-refractivity contribution in [2.24, 2.45) is 0 Å². The van der Waals surface area contributed by atoms with Crippen LogP contribution < -0.4 is 5.32 Å². The van der Waals surface area contributed by atoms with E-state index in [1.165, 1.54) is 6.42 Å². The van der Waals surface area contributed by atoms with Crippen LogP contribution in [0.2, 0.25) is 0 Å². The third-order valence-electron chi connectivity index (χ3n) is 3.70. The highest BCUT2D eigenvalue weighted by Gasteiger charge is 2.27. The van der Waals surface area contributed by atoms with Crippen molar-refractivity contribution in [3.8, 4) is 0 Å². The highest BCUT2D eigenvalue weighted by molar-refractivity contribution is 5.95. The van der Waals surface area contributed by atoms with E-state index in [2.05, 4.69) is 5.32 Å². The number of likely N-dealkylation sites (tertiary alicyclic amines) is 1. The van der Waals surface area contributed by atoms with Gasteiger partial charge >= 0.3 is 0 Å². The Hall–Kier alpha value is -1.35. The number of piperidine rings is 1. The highest BCUT2D eigenvalue weighted by Crippen LogP contribution is 2.20. The average Bonchev–Trinajstić information content (AvgIpc) is 2.40. The van der Waals surface area contributed by atoms with Gasteiger partial charge in [-0.05, 0) is 44.9 Å². The molecule has 1 saturated heterocycles. The molecular formula is C15H22N2O. The van der Waals surface area contributed by atoms with Gasteiger partial charge in [0, 0.05) is 24.7 Å². The van der Waals surface area contributed by atoms with Crippen LogP contribution in [0, 0.1) is 6.92 Å². The number of rotatable bonds is 3. The molecule has 1 N–H and O–H groups in total. The first-order valence-corrected chi connectivity index (χ1v) is 6.75. The summed E-state index contributed by atoms with van der Waals surface area (Å²) in [6.07, 6.45) is 3.46. The Labute approximate surface area is 109 Å². The van der Waals surface area contributed by atoms with Gasteiger partial charge in [-0.3, -0.25) is 4.79 Å². The predicted molar refractivity (Wildman–Crippen MR) is 73.8 cm³/mol. The van der Waals surface area contributed by atoms with Crippen LogP contribution in [-0.4, -0.2) is 37.0 Å². The summed E-state index contributed by atoms with van der Waals surface area (Å²) in [5.74, 6) is 0.188. The van der Waals surface area contributed by atoms with Gasteiger partial charge in [0.2, 0.25) is 0 Å². The number of benzene rings is 1. The molecule has 0 saturated carbocycles. The van der Waals surface area contributed by atoms with Crippen LogP contribution in [0.5, 0.6) is 0 Å². The third-order valence-corrected chi connectivity index (χ3v) is 3.70. The van der Waals surface area contributed by atoms with E-state index >= 15 is 0 Å². The van der Waals surface area contributed by atoms with Crippen LogP contribution in [0.3, 0.4) is 0 Å². The van der Waals surface area contributed by atoms with Crippen molar-refractivity contribution in [1.82, 2.24) is 10.2 Å². The fourth-order valence-electron chi connectivity index (χ4n) is 2.68. The number of nitrogens with zero attached hydrogens (tertiary/aromatic N) is 1. The maximum Gasteiger partial charge on any atom is 0.254 e. The molecule has 1 fully saturated rings. The van der Waals surface area contributed by atoms with Crippen LogP contribution in [0.4, 0.5) is 0 Å². The van der Waals surface area contributed by atoms with Gasteiger partial charge in [0.15, 0.2) is 0 Å². The van der Waals surface area contributed by atoms with E-state index in [-0.39, 0.29) is 5.91 Å². The Balaban J connectivity index is 2.18. The van der Waals surface area contributed by atoms with E-state index in [1.807, 2.05) is 43.1 Å². The monoisotopic (exact) mass is 246 g/mol. The maximum atomic E-state index is 12.6. The summed E-state index contributed by atoms with van der Waals surface area (Å²) in [4.78, 5) is 14.6. The lowest BCUT2D eigenvalue weighted by molar-refractivity contribution is 0.0614. The minimum atomic E-state index is 0.188. The summed E-state index contributed by atoms with van der Waals surface area (Å²) >= 11 is 0. The Morgan fingerprint density at radius 1 is 1.39 bits per heavy atom. The van der Waals surface area contributed by atoms with Gasteiger partial charge in [-0.2, -0.15) is 0 Å². The van der Waals surface area contributed by atoms with E-state index in [4.69, 9.17) is 0 Å². The predicted octanol–water partition coefficient (Wildman–Crippen LogP) is 2.21. The zero-order valence-electron chi connectivity index (χ0n) is 11.3. The van der Waals surface area contributed by atoms with Crippen LogP contribution in [0.15, 0.2) is 24.3 Å². The van der Waals surface area contributed by atoms with Gasteiger partial charge in [-0.1, -0.05) is 18.2 Å². The average molecular weight is 246 g/mol. The lowest BCUT2D eigenvalue weighted by Gasteiger charge is -2.36. The molecule has 0 spiro atoms. The van der Waals surface area contributed by atoms with Gasteiger partial charge in [0.1, 0.15) is 0 Å². The van der Waals surface area contributed by atoms with E-state index in [0.717, 1.165) is 37.1 Å². The Morgan fingerprint density at radius 2 is 2.17 bits per heavy atom. The number of likely N-dealkylation sites (N-methyl/N-ethyl adjacent to an activating group) is 1. The molecule has 18 heavy (non-hydrogen) atoms. The van der Waals surface area contributed by atoms with Crippen molar-refractivity contribution in [3.63, 3.8) is 0 Å². The lowest BCUT2D eigenvalue weighted by atomic mass is 9.99. The molecule has 1 unspecified atom stereocenters. The quantitative estimate of drug-likeness (QED) is 0.887. The molecule has 1 aliphatic heterocycles. The fourth-order valence-corrected chi connectivity index (χ4v) is 2.68. The number of amides is 1. The molecule has 1 aromatic carbocycles. The summed E-state index contributed by atoms with van der Waals surface area (Å²) in [5.41, 5.74) is 1.91. The maximum absolute atomic E-state index is 12.6. The number of aryl methyl sites for hydroxylation is 1. The fraction of sp³-hybridized carbons (Fsp3) is 0.533. The van der Waals surface area contributed by atoms with Crippen LogP contribution in [0.1, 0.15) is 35.2 Å². The SMILES string of the molecule is CNCC1CCCCN1C(=O)c1ccccc1C. The summed E-state index contributed by atoms with van der Waals surface area (Å²) in [7, 11) is 1.95. The van der Waals surface area contributed by atoms with Crippen molar-refractivity contribution >= 4 is 5.91 Å². The number of carbonyl (C=O) groups excluding carboxylic acids is 1. The molecule has 1 aliphatic rings. The summed E-state index contributed by atoms with van der Waals surface area (Å²) in [5, 5.41) is 3.19. The van der Waals surface area contributed by atoms with Gasteiger partial charge in [0.05, 0.1) is 0 Å². The minimum absolute atomic E-state index is 0.188. The molecule has 0 bridgehead atoms. The second-order valence-corrected chi connectivity index (χ2v) is 5.02. The van der Waals surface area contributed by atoms with Crippen LogP contribution in [0.25, 0.3) is 0 Å². The summed E-state index contributed by atoms with van der Waals surface area (Å²) in [6, 6.07) is 8.20. The number of nitrogens with one attached hydrogen (secondary N) is 1. The van der Waals surface area contributed by atoms with E-state index in [0.29, 0.717) is 6.04 Å². The molecule has 3 nitrogen and oxygen atoms in total. The minimum Gasteiger partial charge on any atom is -0.334 e. The van der Waals surface area contributed by atoms with Crippen molar-refractivity contribution in [2.75, 3.05) is 20.1 Å². The Morgan fingerprint density at radius 3 is 2.89 bits per heavy atom. The Kier molecular flexibility index (Phi) is 4.37. The molecule has 3 heteroatoms. The first-order valence-electron chi connectivity index (χ1n) is 6.75. The zero-order valence-corrected chi connectivity index (χ0v) is 11.3. The van der Waals surface area contributed by atoms with E-state index < -0.39 is 0 Å². The molecule has 0 radical (unpaired) electrons. The van der Waals surface area contributed by atoms with Crippen LogP contribution in [-0.2, 0) is 0 Å². The molecule has 98 valence electrons. The van der Waals surface area contributed by atoms with Crippen molar-refractivity contribution in [3.05, 3.63) is 35.4 Å². The summed E-state index contributed by atoms with van der Waals surface area (Å²) < 4.78 is 0. The van der Waals surface area contributed by atoms with Gasteiger partial charge < -0.3 is 10.2 Å². The first kappa shape index (κ1) is 13.1. The highest BCUT2D eigenvalue weighted by atomic mass is 16.2. The van der Waals surface area contributed by atoms with Gasteiger partial charge in [0.25, 0.3) is 5.91 Å². The van der Waals surface area contributed by atoms with Crippen molar-refractivity contribution < 1.29 is 4.79 Å².